The van der Waals surface area contributed by atoms with Gasteiger partial charge in [-0.05, 0) is 23.3 Å². The lowest BCUT2D eigenvalue weighted by molar-refractivity contribution is -0.143. The molecule has 0 heterocycles. The Morgan fingerprint density at radius 3 is 2.62 bits per heavy atom. The van der Waals surface area contributed by atoms with E-state index in [0.717, 1.165) is 16.3 Å². The fourth-order valence-electron chi connectivity index (χ4n) is 2.23. The Hall–Kier alpha value is -2.40. The minimum absolute atomic E-state index is 0.409. The molecule has 5 heteroatoms. The van der Waals surface area contributed by atoms with E-state index in [9.17, 15) is 14.7 Å². The van der Waals surface area contributed by atoms with Crippen molar-refractivity contribution < 1.29 is 19.4 Å². The smallest absolute Gasteiger partial charge is 0.330 e. The van der Waals surface area contributed by atoms with Gasteiger partial charge in [-0.3, -0.25) is 4.79 Å². The minimum atomic E-state index is -1.07. The molecule has 0 saturated heterocycles. The highest BCUT2D eigenvalue weighted by atomic mass is 16.5. The molecule has 0 fully saturated rings. The second-order valence-corrected chi connectivity index (χ2v) is 4.71. The Balaban J connectivity index is 2.39. The zero-order valence-electron chi connectivity index (χ0n) is 11.9. The third-order valence-electron chi connectivity index (χ3n) is 3.34. The summed E-state index contributed by atoms with van der Waals surface area (Å²) in [6.07, 6.45) is 0. The maximum absolute atomic E-state index is 12.4. The van der Waals surface area contributed by atoms with Crippen molar-refractivity contribution in [3.05, 3.63) is 47.5 Å². The molecule has 0 radical (unpaired) electrons. The number of hydrogen-bond acceptors (Lipinski definition) is 4. The molecular weight excluding hydrogens is 270 g/mol. The van der Waals surface area contributed by atoms with Gasteiger partial charge in [0.2, 0.25) is 0 Å². The van der Waals surface area contributed by atoms with Gasteiger partial charge in [0.15, 0.2) is 6.04 Å². The fourth-order valence-corrected chi connectivity index (χ4v) is 2.23. The molecule has 0 unspecified atom stereocenters. The molecule has 5 nitrogen and oxygen atoms in total. The average Bonchev–Trinajstić information content (AvgIpc) is 2.51. The SMILES string of the molecule is COC(=O)[C@H](CO)NC(=O)c1c(C)ccc2ccccc12. The zero-order valence-corrected chi connectivity index (χ0v) is 11.9. The first kappa shape index (κ1) is 15.0. The third kappa shape index (κ3) is 3.03. The van der Waals surface area contributed by atoms with Crippen LogP contribution in [0.5, 0.6) is 0 Å². The molecule has 0 spiro atoms. The molecule has 0 bridgehead atoms. The molecule has 2 rings (SSSR count). The maximum Gasteiger partial charge on any atom is 0.330 e. The highest BCUT2D eigenvalue weighted by Gasteiger charge is 2.22. The van der Waals surface area contributed by atoms with Gasteiger partial charge in [0, 0.05) is 0 Å². The summed E-state index contributed by atoms with van der Waals surface area (Å²) in [6, 6.07) is 10.2. The van der Waals surface area contributed by atoms with Gasteiger partial charge in [0.1, 0.15) is 0 Å². The van der Waals surface area contributed by atoms with Crippen LogP contribution in [-0.4, -0.2) is 36.7 Å². The number of carbonyl (C=O) groups is 2. The van der Waals surface area contributed by atoms with Crippen LogP contribution in [0, 0.1) is 6.92 Å². The number of esters is 1. The van der Waals surface area contributed by atoms with Crippen LogP contribution in [-0.2, 0) is 9.53 Å². The Labute approximate surface area is 122 Å². The number of fused-ring (bicyclic) bond motifs is 1. The van der Waals surface area contributed by atoms with Crippen LogP contribution in [0.15, 0.2) is 36.4 Å². The molecule has 110 valence electrons. The predicted molar refractivity (Wildman–Crippen MR) is 79.0 cm³/mol. The second-order valence-electron chi connectivity index (χ2n) is 4.71. The number of aliphatic hydroxyl groups is 1. The fraction of sp³-hybridized carbons (Fsp3) is 0.250. The number of rotatable bonds is 4. The first-order valence-corrected chi connectivity index (χ1v) is 6.56. The van der Waals surface area contributed by atoms with E-state index < -0.39 is 24.5 Å². The van der Waals surface area contributed by atoms with Crippen LogP contribution in [0.2, 0.25) is 0 Å². The molecule has 0 aliphatic rings. The van der Waals surface area contributed by atoms with E-state index >= 15 is 0 Å². The van der Waals surface area contributed by atoms with Gasteiger partial charge >= 0.3 is 5.97 Å². The van der Waals surface area contributed by atoms with E-state index in [4.69, 9.17) is 0 Å². The van der Waals surface area contributed by atoms with E-state index in [-0.39, 0.29) is 0 Å². The molecule has 0 aliphatic heterocycles. The van der Waals surface area contributed by atoms with Crippen LogP contribution in [0.25, 0.3) is 10.8 Å². The topological polar surface area (TPSA) is 75.6 Å². The van der Waals surface area contributed by atoms with Crippen molar-refractivity contribution in [2.45, 2.75) is 13.0 Å². The average molecular weight is 287 g/mol. The van der Waals surface area contributed by atoms with Crippen LogP contribution < -0.4 is 5.32 Å². The normalized spacial score (nSPS) is 12.0. The summed E-state index contributed by atoms with van der Waals surface area (Å²) in [5, 5.41) is 13.4. The molecular formula is C16H17NO4. The number of aryl methyl sites for hydroxylation is 1. The Morgan fingerprint density at radius 2 is 1.95 bits per heavy atom. The van der Waals surface area contributed by atoms with Gasteiger partial charge in [-0.1, -0.05) is 36.4 Å². The Morgan fingerprint density at radius 1 is 1.24 bits per heavy atom. The molecule has 0 aromatic heterocycles. The zero-order chi connectivity index (χ0) is 15.4. The molecule has 1 amide bonds. The van der Waals surface area contributed by atoms with Gasteiger partial charge in [0.05, 0.1) is 19.3 Å². The summed E-state index contributed by atoms with van der Waals surface area (Å²) in [5.74, 6) is -1.09. The number of methoxy groups -OCH3 is 1. The van der Waals surface area contributed by atoms with E-state index in [2.05, 4.69) is 10.1 Å². The molecule has 2 aromatic rings. The van der Waals surface area contributed by atoms with Gasteiger partial charge in [-0.25, -0.2) is 4.79 Å². The molecule has 21 heavy (non-hydrogen) atoms. The number of aliphatic hydroxyl groups excluding tert-OH is 1. The Bertz CT molecular complexity index is 681. The van der Waals surface area contributed by atoms with Crippen LogP contribution >= 0.6 is 0 Å². The highest BCUT2D eigenvalue weighted by Crippen LogP contribution is 2.22. The summed E-state index contributed by atoms with van der Waals surface area (Å²) in [7, 11) is 1.21. The summed E-state index contributed by atoms with van der Waals surface area (Å²) in [4.78, 5) is 23.9. The lowest BCUT2D eigenvalue weighted by atomic mass is 9.99. The van der Waals surface area contributed by atoms with Crippen molar-refractivity contribution in [2.24, 2.45) is 0 Å². The van der Waals surface area contributed by atoms with Gasteiger partial charge < -0.3 is 15.2 Å². The summed E-state index contributed by atoms with van der Waals surface area (Å²) >= 11 is 0. The standard InChI is InChI=1S/C16H17NO4/c1-10-7-8-11-5-3-4-6-12(11)14(10)15(19)17-13(9-18)16(20)21-2/h3-8,13,18H,9H2,1-2H3,(H,17,19)/t13-/m0/s1. The van der Waals surface area contributed by atoms with Crippen LogP contribution in [0.4, 0.5) is 0 Å². The first-order valence-electron chi connectivity index (χ1n) is 6.56. The van der Waals surface area contributed by atoms with Crippen LogP contribution in [0.1, 0.15) is 15.9 Å². The first-order chi connectivity index (χ1) is 10.1. The molecule has 0 aliphatic carbocycles. The third-order valence-corrected chi connectivity index (χ3v) is 3.34. The largest absolute Gasteiger partial charge is 0.467 e. The van der Waals surface area contributed by atoms with E-state index in [1.165, 1.54) is 7.11 Å². The van der Waals surface area contributed by atoms with Crippen molar-refractivity contribution in [1.29, 1.82) is 0 Å². The van der Waals surface area contributed by atoms with Crippen molar-refractivity contribution >= 4 is 22.6 Å². The summed E-state index contributed by atoms with van der Waals surface area (Å²) in [5.41, 5.74) is 1.29. The van der Waals surface area contributed by atoms with Crippen molar-refractivity contribution in [2.75, 3.05) is 13.7 Å². The van der Waals surface area contributed by atoms with E-state index in [1.807, 2.05) is 43.3 Å². The summed E-state index contributed by atoms with van der Waals surface area (Å²) < 4.78 is 4.54. The quantitative estimate of drug-likeness (QED) is 0.834. The predicted octanol–water partition coefficient (Wildman–Crippen LogP) is 1.41. The number of carbonyl (C=O) groups excluding carboxylic acids is 2. The number of nitrogens with one attached hydrogen (secondary N) is 1. The van der Waals surface area contributed by atoms with Crippen molar-refractivity contribution in [3.8, 4) is 0 Å². The monoisotopic (exact) mass is 287 g/mol. The van der Waals surface area contributed by atoms with Gasteiger partial charge in [0.25, 0.3) is 5.91 Å². The lowest BCUT2D eigenvalue weighted by Crippen LogP contribution is -2.44. The van der Waals surface area contributed by atoms with Gasteiger partial charge in [-0.2, -0.15) is 0 Å². The highest BCUT2D eigenvalue weighted by molar-refractivity contribution is 6.09. The molecule has 2 aromatic carbocycles. The van der Waals surface area contributed by atoms with Crippen LogP contribution in [0.3, 0.4) is 0 Å². The van der Waals surface area contributed by atoms with E-state index in [1.54, 1.807) is 0 Å². The molecule has 0 saturated carbocycles. The number of ether oxygens (including phenoxy) is 1. The summed E-state index contributed by atoms with van der Waals surface area (Å²) in [6.45, 7) is 1.32. The number of amides is 1. The molecule has 2 N–H and O–H groups in total. The second kappa shape index (κ2) is 6.37. The van der Waals surface area contributed by atoms with Crippen molar-refractivity contribution in [3.63, 3.8) is 0 Å². The van der Waals surface area contributed by atoms with E-state index in [0.29, 0.717) is 5.56 Å². The lowest BCUT2D eigenvalue weighted by Gasteiger charge is -2.16. The Kier molecular flexibility index (Phi) is 4.55. The van der Waals surface area contributed by atoms with Crippen molar-refractivity contribution in [1.82, 2.24) is 5.32 Å². The van der Waals surface area contributed by atoms with Gasteiger partial charge in [-0.15, -0.1) is 0 Å². The molecule has 1 atom stereocenters. The minimum Gasteiger partial charge on any atom is -0.467 e. The maximum atomic E-state index is 12.4. The number of benzene rings is 2. The number of hydrogen-bond donors (Lipinski definition) is 2.